The third kappa shape index (κ3) is 1.65. The summed E-state index contributed by atoms with van der Waals surface area (Å²) in [6.45, 7) is 0.949. The molecule has 2 N–H and O–H groups in total. The lowest BCUT2D eigenvalue weighted by Crippen LogP contribution is -2.14. The van der Waals surface area contributed by atoms with Crippen molar-refractivity contribution in [3.63, 3.8) is 0 Å². The Bertz CT molecular complexity index is 308. The van der Waals surface area contributed by atoms with Gasteiger partial charge in [0.15, 0.2) is 0 Å². The lowest BCUT2D eigenvalue weighted by atomic mass is 10.0. The molecule has 1 heterocycles. The Balaban J connectivity index is 2.29. The number of halogens is 1. The molecule has 0 amide bonds. The van der Waals surface area contributed by atoms with Crippen molar-refractivity contribution in [2.45, 2.75) is 18.9 Å². The van der Waals surface area contributed by atoms with E-state index in [1.54, 1.807) is 6.07 Å². The van der Waals surface area contributed by atoms with E-state index in [-0.39, 0.29) is 17.6 Å². The van der Waals surface area contributed by atoms with E-state index < -0.39 is 0 Å². The fourth-order valence-corrected chi connectivity index (χ4v) is 1.75. The fraction of sp³-hybridized carbons (Fsp3) is 0.400. The zero-order chi connectivity index (χ0) is 9.26. The van der Waals surface area contributed by atoms with Gasteiger partial charge in [0.25, 0.3) is 0 Å². The van der Waals surface area contributed by atoms with Crippen molar-refractivity contribution in [1.29, 1.82) is 0 Å². The van der Waals surface area contributed by atoms with Crippen LogP contribution in [0.25, 0.3) is 0 Å². The Labute approximate surface area is 76.4 Å². The molecule has 3 heteroatoms. The first-order valence-corrected chi connectivity index (χ1v) is 4.49. The predicted molar refractivity (Wildman–Crippen MR) is 48.0 cm³/mol. The topological polar surface area (TPSA) is 32.3 Å². The fourth-order valence-electron chi connectivity index (χ4n) is 1.75. The number of phenolic OH excluding ortho intramolecular Hbond substituents is 1. The van der Waals surface area contributed by atoms with Crippen LogP contribution in [0, 0.1) is 5.82 Å². The maximum Gasteiger partial charge on any atom is 0.131 e. The second kappa shape index (κ2) is 3.34. The van der Waals surface area contributed by atoms with Gasteiger partial charge in [0, 0.05) is 17.7 Å². The van der Waals surface area contributed by atoms with Crippen molar-refractivity contribution in [3.05, 3.63) is 29.6 Å². The highest BCUT2D eigenvalue weighted by Gasteiger charge is 2.19. The summed E-state index contributed by atoms with van der Waals surface area (Å²) in [5.41, 5.74) is 0.662. The molecule has 1 atom stereocenters. The largest absolute Gasteiger partial charge is 0.508 e. The van der Waals surface area contributed by atoms with Crippen LogP contribution in [0.4, 0.5) is 4.39 Å². The third-order valence-corrected chi connectivity index (χ3v) is 2.42. The second-order valence-electron chi connectivity index (χ2n) is 3.35. The lowest BCUT2D eigenvalue weighted by Gasteiger charge is -2.11. The van der Waals surface area contributed by atoms with Crippen LogP contribution < -0.4 is 5.32 Å². The first kappa shape index (κ1) is 8.51. The first-order valence-electron chi connectivity index (χ1n) is 4.49. The van der Waals surface area contributed by atoms with Gasteiger partial charge < -0.3 is 10.4 Å². The molecule has 1 unspecified atom stereocenters. The van der Waals surface area contributed by atoms with Gasteiger partial charge >= 0.3 is 0 Å². The molecule has 1 aliphatic heterocycles. The monoisotopic (exact) mass is 181 g/mol. The molecule has 1 aromatic carbocycles. The maximum atomic E-state index is 13.3. The van der Waals surface area contributed by atoms with Gasteiger partial charge in [-0.15, -0.1) is 0 Å². The van der Waals surface area contributed by atoms with Crippen LogP contribution >= 0.6 is 0 Å². The minimum absolute atomic E-state index is 0.0146. The number of hydrogen-bond donors (Lipinski definition) is 2. The standard InChI is InChI=1S/C10H12FNO/c11-9-6-7(13)3-4-8(9)10-2-1-5-12-10/h3-4,6,10,12-13H,1-2,5H2. The van der Waals surface area contributed by atoms with Crippen LogP contribution in [0.5, 0.6) is 5.75 Å². The van der Waals surface area contributed by atoms with Gasteiger partial charge in [-0.25, -0.2) is 4.39 Å². The quantitative estimate of drug-likeness (QED) is 0.694. The number of nitrogens with one attached hydrogen (secondary N) is 1. The molecule has 0 bridgehead atoms. The van der Waals surface area contributed by atoms with E-state index in [1.807, 2.05) is 0 Å². The molecule has 70 valence electrons. The van der Waals surface area contributed by atoms with E-state index in [0.717, 1.165) is 25.5 Å². The molecule has 2 rings (SSSR count). The molecule has 0 aliphatic carbocycles. The van der Waals surface area contributed by atoms with E-state index in [1.165, 1.54) is 6.07 Å². The molecule has 0 saturated carbocycles. The smallest absolute Gasteiger partial charge is 0.131 e. The Morgan fingerprint density at radius 3 is 2.92 bits per heavy atom. The van der Waals surface area contributed by atoms with E-state index in [4.69, 9.17) is 5.11 Å². The molecule has 0 spiro atoms. The molecule has 1 aromatic rings. The molecule has 2 nitrogen and oxygen atoms in total. The average Bonchev–Trinajstić information content (AvgIpc) is 2.56. The normalized spacial score (nSPS) is 22.1. The Morgan fingerprint density at radius 2 is 2.31 bits per heavy atom. The molecular formula is C10H12FNO. The van der Waals surface area contributed by atoms with Gasteiger partial charge in [-0.3, -0.25) is 0 Å². The Morgan fingerprint density at radius 1 is 1.46 bits per heavy atom. The van der Waals surface area contributed by atoms with Crippen LogP contribution in [0.3, 0.4) is 0 Å². The zero-order valence-electron chi connectivity index (χ0n) is 7.26. The summed E-state index contributed by atoms with van der Waals surface area (Å²) in [7, 11) is 0. The van der Waals surface area contributed by atoms with E-state index in [9.17, 15) is 4.39 Å². The molecule has 1 saturated heterocycles. The second-order valence-corrected chi connectivity index (χ2v) is 3.35. The highest BCUT2D eigenvalue weighted by molar-refractivity contribution is 5.30. The summed E-state index contributed by atoms with van der Waals surface area (Å²) < 4.78 is 13.3. The van der Waals surface area contributed by atoms with Crippen LogP contribution in [0.2, 0.25) is 0 Å². The van der Waals surface area contributed by atoms with E-state index >= 15 is 0 Å². The summed E-state index contributed by atoms with van der Waals surface area (Å²) in [5.74, 6) is -0.335. The van der Waals surface area contributed by atoms with Gasteiger partial charge in [-0.05, 0) is 25.5 Å². The summed E-state index contributed by atoms with van der Waals surface area (Å²) in [4.78, 5) is 0. The molecule has 0 aromatic heterocycles. The highest BCUT2D eigenvalue weighted by Crippen LogP contribution is 2.27. The van der Waals surface area contributed by atoms with Crippen LogP contribution in [0.15, 0.2) is 18.2 Å². The summed E-state index contributed by atoms with van der Waals surface area (Å²) in [6.07, 6.45) is 2.06. The Hall–Kier alpha value is -1.09. The minimum atomic E-state index is -0.320. The highest BCUT2D eigenvalue weighted by atomic mass is 19.1. The van der Waals surface area contributed by atoms with Gasteiger partial charge in [-0.2, -0.15) is 0 Å². The average molecular weight is 181 g/mol. The SMILES string of the molecule is Oc1ccc(C2CCCN2)c(F)c1. The molecule has 1 fully saturated rings. The zero-order valence-corrected chi connectivity index (χ0v) is 7.26. The van der Waals surface area contributed by atoms with Gasteiger partial charge in [0.2, 0.25) is 0 Å². The van der Waals surface area contributed by atoms with E-state index in [0.29, 0.717) is 5.56 Å². The van der Waals surface area contributed by atoms with Gasteiger partial charge in [0.1, 0.15) is 11.6 Å². The molecular weight excluding hydrogens is 169 g/mol. The summed E-state index contributed by atoms with van der Waals surface area (Å²) in [5, 5.41) is 12.2. The van der Waals surface area contributed by atoms with Crippen molar-refractivity contribution < 1.29 is 9.50 Å². The number of rotatable bonds is 1. The van der Waals surface area contributed by atoms with Crippen molar-refractivity contribution in [2.24, 2.45) is 0 Å². The Kier molecular flexibility index (Phi) is 2.19. The molecule has 0 radical (unpaired) electrons. The third-order valence-electron chi connectivity index (χ3n) is 2.42. The van der Waals surface area contributed by atoms with Crippen molar-refractivity contribution in [1.82, 2.24) is 5.32 Å². The molecule has 1 aliphatic rings. The van der Waals surface area contributed by atoms with Gasteiger partial charge in [0.05, 0.1) is 0 Å². The molecule has 13 heavy (non-hydrogen) atoms. The minimum Gasteiger partial charge on any atom is -0.508 e. The van der Waals surface area contributed by atoms with Crippen molar-refractivity contribution in [2.75, 3.05) is 6.54 Å². The first-order chi connectivity index (χ1) is 6.27. The number of aromatic hydroxyl groups is 1. The lowest BCUT2D eigenvalue weighted by molar-refractivity contribution is 0.465. The van der Waals surface area contributed by atoms with Crippen LogP contribution in [0.1, 0.15) is 24.4 Å². The predicted octanol–water partition coefficient (Wildman–Crippen LogP) is 1.96. The van der Waals surface area contributed by atoms with Crippen LogP contribution in [-0.4, -0.2) is 11.7 Å². The maximum absolute atomic E-state index is 13.3. The van der Waals surface area contributed by atoms with Crippen molar-refractivity contribution in [3.8, 4) is 5.75 Å². The number of phenols is 1. The van der Waals surface area contributed by atoms with Gasteiger partial charge in [-0.1, -0.05) is 6.07 Å². The summed E-state index contributed by atoms with van der Waals surface area (Å²) in [6, 6.07) is 4.46. The number of hydrogen-bond acceptors (Lipinski definition) is 2. The van der Waals surface area contributed by atoms with Crippen LogP contribution in [-0.2, 0) is 0 Å². The van der Waals surface area contributed by atoms with Crippen molar-refractivity contribution >= 4 is 0 Å². The number of benzene rings is 1. The van der Waals surface area contributed by atoms with E-state index in [2.05, 4.69) is 5.32 Å². The summed E-state index contributed by atoms with van der Waals surface area (Å²) >= 11 is 0.